The summed E-state index contributed by atoms with van der Waals surface area (Å²) < 4.78 is 6.17. The number of hydrazone groups is 1. The van der Waals surface area contributed by atoms with Crippen LogP contribution in [0, 0.1) is 0 Å². The minimum Gasteiger partial charge on any atom is -0.506 e. The number of fused-ring (bicyclic) bond motifs is 1. The maximum atomic E-state index is 12.4. The molecule has 0 aliphatic carbocycles. The molecular weight excluding hydrogens is 524 g/mol. The van der Waals surface area contributed by atoms with Crippen molar-refractivity contribution in [3.05, 3.63) is 107 Å². The number of aromatic hydroxyl groups is 1. The molecule has 7 nitrogen and oxygen atoms in total. The summed E-state index contributed by atoms with van der Waals surface area (Å²) in [5.74, 6) is 0.318. The van der Waals surface area contributed by atoms with Crippen molar-refractivity contribution in [2.45, 2.75) is 25.4 Å². The molecule has 5 rings (SSSR count). The van der Waals surface area contributed by atoms with Gasteiger partial charge in [-0.25, -0.2) is 5.43 Å². The van der Waals surface area contributed by atoms with Crippen LogP contribution in [0.5, 0.6) is 11.5 Å². The van der Waals surface area contributed by atoms with Gasteiger partial charge in [-0.2, -0.15) is 5.10 Å². The number of carbonyl (C=O) groups is 1. The number of nitrogens with one attached hydrogen (secondary N) is 2. The molecule has 0 spiro atoms. The van der Waals surface area contributed by atoms with Crippen molar-refractivity contribution in [3.8, 4) is 11.5 Å². The maximum Gasteiger partial charge on any atom is 0.271 e. The second-order valence-corrected chi connectivity index (χ2v) is 10.3. The largest absolute Gasteiger partial charge is 0.506 e. The van der Waals surface area contributed by atoms with Crippen LogP contribution in [0.15, 0.2) is 90.0 Å². The van der Waals surface area contributed by atoms with Crippen molar-refractivity contribution in [1.29, 1.82) is 0 Å². The third-order valence-corrected chi connectivity index (χ3v) is 7.43. The molecule has 8 heteroatoms. The average Bonchev–Trinajstić information content (AvgIpc) is 2.98. The van der Waals surface area contributed by atoms with Crippen molar-refractivity contribution < 1.29 is 17.5 Å². The normalized spacial score (nSPS) is 14.5. The van der Waals surface area contributed by atoms with Gasteiger partial charge in [-0.15, -0.1) is 0 Å². The number of likely N-dealkylation sites (tertiary alicyclic amines) is 1. The Kier molecular flexibility index (Phi) is 9.29. The van der Waals surface area contributed by atoms with Crippen molar-refractivity contribution >= 4 is 34.5 Å². The third kappa shape index (κ3) is 7.18. The van der Waals surface area contributed by atoms with Gasteiger partial charge in [0.15, 0.2) is 0 Å². The molecule has 40 heavy (non-hydrogen) atoms. The smallest absolute Gasteiger partial charge is 0.271 e. The molecule has 1 amide bonds. The number of benzene rings is 4. The Bertz CT molecular complexity index is 1480. The van der Waals surface area contributed by atoms with Crippen LogP contribution in [-0.4, -0.2) is 54.4 Å². The van der Waals surface area contributed by atoms with Crippen LogP contribution in [0.3, 0.4) is 0 Å². The van der Waals surface area contributed by atoms with E-state index in [0.29, 0.717) is 18.2 Å². The van der Waals surface area contributed by atoms with E-state index in [2.05, 4.69) is 51.1 Å². The Morgan fingerprint density at radius 1 is 1.02 bits per heavy atom. The van der Waals surface area contributed by atoms with Gasteiger partial charge in [0.05, 0.1) is 11.2 Å². The summed E-state index contributed by atoms with van der Waals surface area (Å²) in [6.07, 6.45) is 3.89. The molecule has 0 bridgehead atoms. The van der Waals surface area contributed by atoms with Gasteiger partial charge < -0.3 is 15.2 Å². The summed E-state index contributed by atoms with van der Waals surface area (Å²) in [5.41, 5.74) is 5.04. The maximum absolute atomic E-state index is 12.4. The summed E-state index contributed by atoms with van der Waals surface area (Å²) in [7, 11) is 0. The molecule has 3 N–H and O–H groups in total. The molecule has 0 saturated carbocycles. The molecule has 0 atom stereocenters. The number of hydrogen-bond donors (Lipinski definition) is 3. The highest BCUT2D eigenvalue weighted by Gasteiger charge is 2.18. The highest BCUT2D eigenvalue weighted by Crippen LogP contribution is 2.28. The van der Waals surface area contributed by atoms with Gasteiger partial charge in [0.2, 0.25) is 0 Å². The number of phenolic OH excluding ortho intramolecular Hbond substituents is 1. The molecule has 0 radical (unpaired) electrons. The standard InChI is InChI=1S/C32H33ClN4O3.2H2/c33-29-20-24(10-12-30(29)38)32(39)36-35-21-25-11-13-31(28-9-5-4-8-27(25)28)40-19-16-34-26-14-17-37(18-15-26)22-23-6-2-1-3-7-23;;/h1-13,20-21,26,34,38H,14-19,22H2,(H,36,39);2*1H/b35-21+;;. The van der Waals surface area contributed by atoms with Crippen LogP contribution in [0.2, 0.25) is 5.02 Å². The zero-order chi connectivity index (χ0) is 27.7. The summed E-state index contributed by atoms with van der Waals surface area (Å²) in [6, 6.07) is 27.3. The van der Waals surface area contributed by atoms with E-state index in [-0.39, 0.29) is 13.6 Å². The zero-order valence-corrected chi connectivity index (χ0v) is 23.0. The minimum absolute atomic E-state index is 0. The van der Waals surface area contributed by atoms with Crippen LogP contribution in [0.4, 0.5) is 0 Å². The van der Waals surface area contributed by atoms with Gasteiger partial charge in [-0.3, -0.25) is 9.69 Å². The third-order valence-electron chi connectivity index (χ3n) is 7.13. The van der Waals surface area contributed by atoms with E-state index in [0.717, 1.165) is 61.1 Å². The van der Waals surface area contributed by atoms with E-state index >= 15 is 0 Å². The highest BCUT2D eigenvalue weighted by atomic mass is 35.5. The quantitative estimate of drug-likeness (QED) is 0.124. The molecule has 0 aromatic heterocycles. The van der Waals surface area contributed by atoms with Crippen LogP contribution < -0.4 is 15.5 Å². The second-order valence-electron chi connectivity index (χ2n) is 9.90. The molecular formula is C32H37ClN4O3. The van der Waals surface area contributed by atoms with Crippen molar-refractivity contribution in [1.82, 2.24) is 15.6 Å². The number of hydrogen-bond acceptors (Lipinski definition) is 6. The van der Waals surface area contributed by atoms with Crippen LogP contribution in [0.1, 0.15) is 37.2 Å². The molecule has 1 aliphatic heterocycles. The Labute approximate surface area is 242 Å². The van der Waals surface area contributed by atoms with Crippen LogP contribution >= 0.6 is 11.6 Å². The highest BCUT2D eigenvalue weighted by molar-refractivity contribution is 6.32. The predicted octanol–water partition coefficient (Wildman–Crippen LogP) is 6.09. The summed E-state index contributed by atoms with van der Waals surface area (Å²) in [4.78, 5) is 14.9. The van der Waals surface area contributed by atoms with Crippen LogP contribution in [-0.2, 0) is 6.54 Å². The van der Waals surface area contributed by atoms with E-state index in [1.165, 1.54) is 23.8 Å². The lowest BCUT2D eigenvalue weighted by Gasteiger charge is -2.32. The van der Waals surface area contributed by atoms with Gasteiger partial charge in [0, 0.05) is 38.5 Å². The number of carbonyl (C=O) groups excluding carboxylic acids is 1. The number of ether oxygens (including phenoxy) is 1. The minimum atomic E-state index is -0.420. The Balaban J connectivity index is 0.00000242. The summed E-state index contributed by atoms with van der Waals surface area (Å²) in [5, 5.41) is 19.4. The van der Waals surface area contributed by atoms with E-state index in [4.69, 9.17) is 16.3 Å². The second kappa shape index (κ2) is 13.4. The molecule has 1 heterocycles. The molecule has 210 valence electrons. The number of piperidine rings is 1. The lowest BCUT2D eigenvalue weighted by Crippen LogP contribution is -2.43. The molecule has 4 aromatic rings. The average molecular weight is 561 g/mol. The number of phenols is 1. The predicted molar refractivity (Wildman–Crippen MR) is 165 cm³/mol. The molecule has 1 fully saturated rings. The zero-order valence-electron chi connectivity index (χ0n) is 22.2. The fourth-order valence-electron chi connectivity index (χ4n) is 4.97. The van der Waals surface area contributed by atoms with E-state index in [1.54, 1.807) is 6.21 Å². The Morgan fingerprint density at radius 2 is 1.77 bits per heavy atom. The van der Waals surface area contributed by atoms with Crippen molar-refractivity contribution in [2.24, 2.45) is 5.10 Å². The van der Waals surface area contributed by atoms with Gasteiger partial charge >= 0.3 is 0 Å². The van der Waals surface area contributed by atoms with Crippen LogP contribution in [0.25, 0.3) is 10.8 Å². The van der Waals surface area contributed by atoms with Crippen molar-refractivity contribution in [2.75, 3.05) is 26.2 Å². The number of nitrogens with zero attached hydrogens (tertiary/aromatic N) is 2. The first-order chi connectivity index (χ1) is 19.6. The monoisotopic (exact) mass is 560 g/mol. The SMILES string of the molecule is O=C(N/N=C/c1ccc(OCCNC2CCN(Cc3ccccc3)CC2)c2ccccc12)c1ccc(O)c(Cl)c1.[HH].[HH]. The molecule has 1 saturated heterocycles. The van der Waals surface area contributed by atoms with E-state index in [9.17, 15) is 9.90 Å². The molecule has 0 unspecified atom stereocenters. The van der Waals surface area contributed by atoms with Gasteiger partial charge in [0.1, 0.15) is 18.1 Å². The van der Waals surface area contributed by atoms with Gasteiger partial charge in [-0.1, -0.05) is 66.2 Å². The van der Waals surface area contributed by atoms with Gasteiger partial charge in [0.25, 0.3) is 5.91 Å². The topological polar surface area (TPSA) is 86.2 Å². The van der Waals surface area contributed by atoms with Crippen molar-refractivity contribution in [3.63, 3.8) is 0 Å². The lowest BCUT2D eigenvalue weighted by molar-refractivity contribution is 0.0955. The number of halogens is 1. The first-order valence-corrected chi connectivity index (χ1v) is 13.9. The first kappa shape index (κ1) is 27.6. The summed E-state index contributed by atoms with van der Waals surface area (Å²) >= 11 is 5.90. The number of amides is 1. The lowest BCUT2D eigenvalue weighted by atomic mass is 10.0. The number of rotatable bonds is 10. The van der Waals surface area contributed by atoms with Gasteiger partial charge in [-0.05, 0) is 67.2 Å². The summed E-state index contributed by atoms with van der Waals surface area (Å²) in [6.45, 7) is 4.58. The van der Waals surface area contributed by atoms with E-state index < -0.39 is 5.91 Å². The first-order valence-electron chi connectivity index (χ1n) is 13.5. The fraction of sp³-hybridized carbons (Fsp3) is 0.250. The molecule has 4 aromatic carbocycles. The fourth-order valence-corrected chi connectivity index (χ4v) is 5.15. The Hall–Kier alpha value is -3.91. The Morgan fingerprint density at radius 3 is 2.55 bits per heavy atom. The molecule has 1 aliphatic rings. The van der Waals surface area contributed by atoms with E-state index in [1.807, 2.05) is 36.4 Å².